The van der Waals surface area contributed by atoms with E-state index in [0.717, 1.165) is 29.7 Å². The largest absolute Gasteiger partial charge is 0.357 e. The van der Waals surface area contributed by atoms with E-state index >= 15 is 0 Å². The van der Waals surface area contributed by atoms with E-state index in [4.69, 9.17) is 0 Å². The first-order valence-corrected chi connectivity index (χ1v) is 8.35. The van der Waals surface area contributed by atoms with Crippen LogP contribution in [-0.4, -0.2) is 32.1 Å². The van der Waals surface area contributed by atoms with Gasteiger partial charge in [0.15, 0.2) is 17.4 Å². The number of hydrogen-bond acceptors (Lipinski definition) is 5. The van der Waals surface area contributed by atoms with Crippen molar-refractivity contribution in [3.8, 4) is 0 Å². The monoisotopic (exact) mass is 329 g/mol. The summed E-state index contributed by atoms with van der Waals surface area (Å²) in [6, 6.07) is 5.83. The van der Waals surface area contributed by atoms with Gasteiger partial charge in [0.25, 0.3) is 0 Å². The first-order valence-electron chi connectivity index (χ1n) is 7.47. The summed E-state index contributed by atoms with van der Waals surface area (Å²) in [7, 11) is 0. The van der Waals surface area contributed by atoms with E-state index in [9.17, 15) is 0 Å². The minimum atomic E-state index is 0.461. The molecule has 2 N–H and O–H groups in total. The minimum absolute atomic E-state index is 0.461. The number of nitrogens with one attached hydrogen (secondary N) is 2. The Morgan fingerprint density at radius 1 is 1.30 bits per heavy atom. The molecule has 23 heavy (non-hydrogen) atoms. The van der Waals surface area contributed by atoms with Crippen LogP contribution >= 0.6 is 11.3 Å². The summed E-state index contributed by atoms with van der Waals surface area (Å²) in [5, 5.41) is 14.9. The first-order chi connectivity index (χ1) is 11.3. The zero-order valence-electron chi connectivity index (χ0n) is 13.2. The average Bonchev–Trinajstić information content (AvgIpc) is 3.16. The molecule has 8 heteroatoms. The lowest BCUT2D eigenvalue weighted by atomic mass is 10.4. The van der Waals surface area contributed by atoms with Gasteiger partial charge in [0.1, 0.15) is 6.54 Å². The highest BCUT2D eigenvalue weighted by Gasteiger charge is 2.06. The fourth-order valence-electron chi connectivity index (χ4n) is 2.15. The molecule has 0 aromatic carbocycles. The molecule has 0 saturated carbocycles. The van der Waals surface area contributed by atoms with E-state index in [1.807, 2.05) is 48.2 Å². The van der Waals surface area contributed by atoms with Gasteiger partial charge in [0.05, 0.1) is 17.7 Å². The van der Waals surface area contributed by atoms with Crippen LogP contribution in [0.5, 0.6) is 0 Å². The second-order valence-corrected chi connectivity index (χ2v) is 5.89. The van der Waals surface area contributed by atoms with Gasteiger partial charge in [-0.05, 0) is 26.0 Å². The molecule has 0 aliphatic heterocycles. The molecule has 0 radical (unpaired) electrons. The Kier molecular flexibility index (Phi) is 4.82. The van der Waals surface area contributed by atoms with E-state index in [2.05, 4.69) is 30.8 Å². The zero-order chi connectivity index (χ0) is 16.1. The Morgan fingerprint density at radius 2 is 2.22 bits per heavy atom. The van der Waals surface area contributed by atoms with Crippen LogP contribution in [0, 0.1) is 6.92 Å². The third-order valence-electron chi connectivity index (χ3n) is 3.37. The van der Waals surface area contributed by atoms with Crippen molar-refractivity contribution in [1.82, 2.24) is 30.2 Å². The molecule has 3 heterocycles. The van der Waals surface area contributed by atoms with Crippen molar-refractivity contribution in [3.05, 3.63) is 46.3 Å². The average molecular weight is 329 g/mol. The van der Waals surface area contributed by atoms with Gasteiger partial charge in [0, 0.05) is 17.6 Å². The maximum atomic E-state index is 4.59. The number of hydrogen-bond donors (Lipinski definition) is 2. The van der Waals surface area contributed by atoms with Gasteiger partial charge in [-0.3, -0.25) is 4.40 Å². The Bertz CT molecular complexity index is 805. The Morgan fingerprint density at radius 3 is 3.00 bits per heavy atom. The molecule has 0 spiro atoms. The van der Waals surface area contributed by atoms with E-state index in [1.165, 1.54) is 4.88 Å². The van der Waals surface area contributed by atoms with Crippen LogP contribution in [0.3, 0.4) is 0 Å². The van der Waals surface area contributed by atoms with Gasteiger partial charge >= 0.3 is 0 Å². The van der Waals surface area contributed by atoms with Crippen LogP contribution < -0.4 is 10.6 Å². The van der Waals surface area contributed by atoms with Gasteiger partial charge in [-0.25, -0.2) is 9.98 Å². The van der Waals surface area contributed by atoms with Crippen LogP contribution in [0.1, 0.15) is 23.3 Å². The van der Waals surface area contributed by atoms with Gasteiger partial charge in [-0.15, -0.1) is 21.5 Å². The molecule has 0 fully saturated rings. The van der Waals surface area contributed by atoms with Gasteiger partial charge < -0.3 is 10.6 Å². The molecule has 120 valence electrons. The van der Waals surface area contributed by atoms with Gasteiger partial charge in [0.2, 0.25) is 0 Å². The summed E-state index contributed by atoms with van der Waals surface area (Å²) in [5.41, 5.74) is 3.75. The predicted molar refractivity (Wildman–Crippen MR) is 91.5 cm³/mol. The molecule has 7 nitrogen and oxygen atoms in total. The summed E-state index contributed by atoms with van der Waals surface area (Å²) >= 11 is 1.64. The summed E-state index contributed by atoms with van der Waals surface area (Å²) in [4.78, 5) is 10.1. The number of thiazole rings is 1. The number of fused-ring (bicyclic) bond motifs is 1. The number of aromatic nitrogens is 4. The minimum Gasteiger partial charge on any atom is -0.357 e. The summed E-state index contributed by atoms with van der Waals surface area (Å²) in [6.45, 7) is 6.03. The zero-order valence-corrected chi connectivity index (χ0v) is 14.0. The number of aryl methyl sites for hydroxylation is 1. The predicted octanol–water partition coefficient (Wildman–Crippen LogP) is 1.75. The Balaban J connectivity index is 1.70. The SMILES string of the molecule is CCNC(=NCc1nnc2ccccn12)NCc1scnc1C. The molecule has 0 saturated heterocycles. The first kappa shape index (κ1) is 15.4. The Hall–Kier alpha value is -2.48. The molecule has 0 unspecified atom stereocenters. The van der Waals surface area contributed by atoms with Crippen molar-refractivity contribution in [2.75, 3.05) is 6.54 Å². The molecular weight excluding hydrogens is 310 g/mol. The topological polar surface area (TPSA) is 79.5 Å². The lowest BCUT2D eigenvalue weighted by molar-refractivity contribution is 0.801. The number of pyridine rings is 1. The van der Waals surface area contributed by atoms with E-state index in [-0.39, 0.29) is 0 Å². The smallest absolute Gasteiger partial charge is 0.191 e. The third kappa shape index (κ3) is 3.65. The molecule has 3 aromatic rings. The quantitative estimate of drug-likeness (QED) is 0.551. The molecule has 3 rings (SSSR count). The molecule has 0 amide bonds. The summed E-state index contributed by atoms with van der Waals surface area (Å²) in [5.74, 6) is 1.57. The highest BCUT2D eigenvalue weighted by Crippen LogP contribution is 2.11. The fraction of sp³-hybridized carbons (Fsp3) is 0.333. The molecule has 0 aliphatic carbocycles. The molecular formula is C15H19N7S. The number of rotatable bonds is 5. The van der Waals surface area contributed by atoms with Crippen LogP contribution in [0.15, 0.2) is 34.9 Å². The number of nitrogens with zero attached hydrogens (tertiary/aromatic N) is 5. The van der Waals surface area contributed by atoms with E-state index in [1.54, 1.807) is 11.3 Å². The van der Waals surface area contributed by atoms with Crippen LogP contribution in [0.2, 0.25) is 0 Å². The second-order valence-electron chi connectivity index (χ2n) is 4.95. The van der Waals surface area contributed by atoms with Gasteiger partial charge in [-0.2, -0.15) is 0 Å². The fourth-order valence-corrected chi connectivity index (χ4v) is 2.87. The van der Waals surface area contributed by atoms with Crippen molar-refractivity contribution >= 4 is 22.9 Å². The van der Waals surface area contributed by atoms with E-state index < -0.39 is 0 Å². The van der Waals surface area contributed by atoms with Crippen molar-refractivity contribution in [1.29, 1.82) is 0 Å². The highest BCUT2D eigenvalue weighted by molar-refractivity contribution is 7.09. The molecule has 0 atom stereocenters. The van der Waals surface area contributed by atoms with Crippen molar-refractivity contribution < 1.29 is 0 Å². The maximum Gasteiger partial charge on any atom is 0.191 e. The second kappa shape index (κ2) is 7.19. The van der Waals surface area contributed by atoms with Crippen molar-refractivity contribution in [3.63, 3.8) is 0 Å². The lowest BCUT2D eigenvalue weighted by Crippen LogP contribution is -2.36. The van der Waals surface area contributed by atoms with Crippen LogP contribution in [0.25, 0.3) is 5.65 Å². The van der Waals surface area contributed by atoms with Crippen molar-refractivity contribution in [2.24, 2.45) is 4.99 Å². The number of guanidine groups is 1. The normalized spacial score (nSPS) is 11.8. The van der Waals surface area contributed by atoms with Gasteiger partial charge in [-0.1, -0.05) is 6.07 Å². The summed E-state index contributed by atoms with van der Waals surface area (Å²) in [6.07, 6.45) is 1.95. The molecule has 0 bridgehead atoms. The lowest BCUT2D eigenvalue weighted by Gasteiger charge is -2.10. The summed E-state index contributed by atoms with van der Waals surface area (Å²) < 4.78 is 1.94. The standard InChI is InChI=1S/C15H19N7S/c1-3-16-15(17-8-12-11(2)19-10-23-12)18-9-14-21-20-13-6-4-5-7-22(13)14/h4-7,10H,3,8-9H2,1-2H3,(H2,16,17,18). The van der Waals surface area contributed by atoms with Crippen LogP contribution in [0.4, 0.5) is 0 Å². The molecule has 0 aliphatic rings. The number of aliphatic imine (C=N–C) groups is 1. The third-order valence-corrected chi connectivity index (χ3v) is 4.30. The van der Waals surface area contributed by atoms with Crippen molar-refractivity contribution in [2.45, 2.75) is 26.9 Å². The van der Waals surface area contributed by atoms with Crippen LogP contribution in [-0.2, 0) is 13.1 Å². The Labute approximate surface area is 138 Å². The highest BCUT2D eigenvalue weighted by atomic mass is 32.1. The van der Waals surface area contributed by atoms with E-state index in [0.29, 0.717) is 13.1 Å². The molecule has 3 aromatic heterocycles. The maximum absolute atomic E-state index is 4.59.